The van der Waals surface area contributed by atoms with E-state index in [-0.39, 0.29) is 18.9 Å². The zero-order valence-electron chi connectivity index (χ0n) is 18.3. The summed E-state index contributed by atoms with van der Waals surface area (Å²) < 4.78 is 10.4. The number of rotatable bonds is 9. The highest BCUT2D eigenvalue weighted by Gasteiger charge is 2.29. The van der Waals surface area contributed by atoms with Crippen LogP contribution >= 0.6 is 0 Å². The summed E-state index contributed by atoms with van der Waals surface area (Å²) in [5.41, 5.74) is 0.184. The third kappa shape index (κ3) is 9.96. The van der Waals surface area contributed by atoms with Gasteiger partial charge in [0.05, 0.1) is 6.61 Å². The van der Waals surface area contributed by atoms with E-state index in [0.29, 0.717) is 6.42 Å². The summed E-state index contributed by atoms with van der Waals surface area (Å²) in [6, 6.07) is 7.66. The number of hydrogen-bond donors (Lipinski definition) is 2. The molecule has 7 nitrogen and oxygen atoms in total. The van der Waals surface area contributed by atoms with Gasteiger partial charge >= 0.3 is 12.1 Å². The van der Waals surface area contributed by atoms with E-state index in [0.717, 1.165) is 5.56 Å². The van der Waals surface area contributed by atoms with Crippen molar-refractivity contribution in [2.75, 3.05) is 6.61 Å². The molecule has 2 N–H and O–H groups in total. The van der Waals surface area contributed by atoms with E-state index in [4.69, 9.17) is 9.47 Å². The molecular formula is C22H34N2O5. The van der Waals surface area contributed by atoms with Gasteiger partial charge in [-0.15, -0.1) is 0 Å². The molecule has 2 amide bonds. The van der Waals surface area contributed by atoms with Crippen LogP contribution in [0.4, 0.5) is 4.79 Å². The van der Waals surface area contributed by atoms with Gasteiger partial charge in [0.25, 0.3) is 0 Å². The predicted molar refractivity (Wildman–Crippen MR) is 111 cm³/mol. The molecule has 0 aliphatic carbocycles. The highest BCUT2D eigenvalue weighted by molar-refractivity contribution is 5.90. The number of ether oxygens (including phenoxy) is 2. The molecule has 0 saturated carbocycles. The van der Waals surface area contributed by atoms with Gasteiger partial charge in [-0.25, -0.2) is 9.59 Å². The largest absolute Gasteiger partial charge is 0.464 e. The quantitative estimate of drug-likeness (QED) is 0.614. The highest BCUT2D eigenvalue weighted by Crippen LogP contribution is 2.11. The van der Waals surface area contributed by atoms with Crippen LogP contribution in [0.15, 0.2) is 30.3 Å². The zero-order valence-corrected chi connectivity index (χ0v) is 18.3. The van der Waals surface area contributed by atoms with Crippen molar-refractivity contribution in [2.24, 2.45) is 5.92 Å². The number of esters is 1. The molecule has 0 saturated heterocycles. The SMILES string of the molecule is CCOC(=O)C(CC(C)C)NC(=O)C(Cc1ccccc1)NC(=O)OC(C)(C)C. The molecule has 1 aromatic carbocycles. The lowest BCUT2D eigenvalue weighted by atomic mass is 10.0. The van der Waals surface area contributed by atoms with Gasteiger partial charge in [0.1, 0.15) is 17.7 Å². The molecule has 7 heteroatoms. The Morgan fingerprint density at radius 1 is 1.00 bits per heavy atom. The van der Waals surface area contributed by atoms with Crippen molar-refractivity contribution in [1.29, 1.82) is 0 Å². The standard InChI is InChI=1S/C22H34N2O5/c1-7-28-20(26)18(13-15(2)3)23-19(25)17(14-16-11-9-8-10-12-16)24-21(27)29-22(4,5)6/h8-12,15,17-18H,7,13-14H2,1-6H3,(H,23,25)(H,24,27). The molecule has 162 valence electrons. The van der Waals surface area contributed by atoms with Gasteiger partial charge in [-0.2, -0.15) is 0 Å². The van der Waals surface area contributed by atoms with Gasteiger partial charge in [-0.1, -0.05) is 44.2 Å². The van der Waals surface area contributed by atoms with Crippen molar-refractivity contribution in [1.82, 2.24) is 10.6 Å². The Hall–Kier alpha value is -2.57. The topological polar surface area (TPSA) is 93.7 Å². The molecule has 0 aromatic heterocycles. The molecule has 0 aliphatic heterocycles. The molecular weight excluding hydrogens is 372 g/mol. The third-order valence-electron chi connectivity index (χ3n) is 3.88. The minimum atomic E-state index is -0.892. The van der Waals surface area contributed by atoms with Crippen LogP contribution < -0.4 is 10.6 Å². The molecule has 1 rings (SSSR count). The summed E-state index contributed by atoms with van der Waals surface area (Å²) >= 11 is 0. The lowest BCUT2D eigenvalue weighted by molar-refractivity contribution is -0.148. The molecule has 0 aliphatic rings. The fraction of sp³-hybridized carbons (Fsp3) is 0.591. The van der Waals surface area contributed by atoms with Crippen molar-refractivity contribution in [3.05, 3.63) is 35.9 Å². The summed E-state index contributed by atoms with van der Waals surface area (Å²) in [5, 5.41) is 5.36. The maximum absolute atomic E-state index is 13.0. The number of alkyl carbamates (subject to hydrolysis) is 1. The van der Waals surface area contributed by atoms with E-state index in [1.807, 2.05) is 44.2 Å². The molecule has 2 atom stereocenters. The van der Waals surface area contributed by atoms with Crippen LogP contribution in [0, 0.1) is 5.92 Å². The van der Waals surface area contributed by atoms with Gasteiger partial charge in [0.15, 0.2) is 0 Å². The zero-order chi connectivity index (χ0) is 22.0. The van der Waals surface area contributed by atoms with Crippen molar-refractivity contribution in [2.45, 2.75) is 72.1 Å². The summed E-state index contributed by atoms with van der Waals surface area (Å²) in [4.78, 5) is 37.5. The molecule has 0 fully saturated rings. The predicted octanol–water partition coefficient (Wildman–Crippen LogP) is 3.22. The Bertz CT molecular complexity index is 668. The minimum Gasteiger partial charge on any atom is -0.464 e. The number of nitrogens with one attached hydrogen (secondary N) is 2. The molecule has 2 unspecified atom stereocenters. The number of carbonyl (C=O) groups is 3. The van der Waals surface area contributed by atoms with Gasteiger partial charge in [0.2, 0.25) is 5.91 Å². The maximum atomic E-state index is 13.0. The summed E-state index contributed by atoms with van der Waals surface area (Å²) in [6.45, 7) is 11.1. The minimum absolute atomic E-state index is 0.177. The van der Waals surface area contributed by atoms with Crippen molar-refractivity contribution in [3.8, 4) is 0 Å². The van der Waals surface area contributed by atoms with Crippen LogP contribution in [-0.2, 0) is 25.5 Å². The van der Waals surface area contributed by atoms with Gasteiger partial charge < -0.3 is 20.1 Å². The average molecular weight is 407 g/mol. The third-order valence-corrected chi connectivity index (χ3v) is 3.88. The first-order chi connectivity index (χ1) is 13.5. The summed E-state index contributed by atoms with van der Waals surface area (Å²) in [7, 11) is 0. The molecule has 1 aromatic rings. The number of benzene rings is 1. The van der Waals surface area contributed by atoms with E-state index in [9.17, 15) is 14.4 Å². The summed E-state index contributed by atoms with van der Waals surface area (Å²) in [5.74, 6) is -0.764. The van der Waals surface area contributed by atoms with Crippen LogP contribution in [0.1, 0.15) is 53.5 Å². The Balaban J connectivity index is 2.97. The van der Waals surface area contributed by atoms with Crippen LogP contribution in [0.25, 0.3) is 0 Å². The van der Waals surface area contributed by atoms with E-state index >= 15 is 0 Å². The first-order valence-electron chi connectivity index (χ1n) is 10.0. The molecule has 0 bridgehead atoms. The van der Waals surface area contributed by atoms with Gasteiger partial charge in [-0.3, -0.25) is 4.79 Å². The molecule has 0 heterocycles. The van der Waals surface area contributed by atoms with E-state index < -0.39 is 35.7 Å². The van der Waals surface area contributed by atoms with Crippen molar-refractivity contribution < 1.29 is 23.9 Å². The van der Waals surface area contributed by atoms with Crippen molar-refractivity contribution >= 4 is 18.0 Å². The van der Waals surface area contributed by atoms with E-state index in [1.165, 1.54) is 0 Å². The van der Waals surface area contributed by atoms with Gasteiger partial charge in [-0.05, 0) is 45.6 Å². The Morgan fingerprint density at radius 2 is 1.62 bits per heavy atom. The maximum Gasteiger partial charge on any atom is 0.408 e. The Kier molecular flexibility index (Phi) is 9.65. The number of carbonyl (C=O) groups excluding carboxylic acids is 3. The normalized spacial score (nSPS) is 13.3. The second-order valence-electron chi connectivity index (χ2n) is 8.33. The van der Waals surface area contributed by atoms with Crippen LogP contribution in [0.3, 0.4) is 0 Å². The smallest absolute Gasteiger partial charge is 0.408 e. The van der Waals surface area contributed by atoms with Crippen LogP contribution in [-0.4, -0.2) is 42.3 Å². The lowest BCUT2D eigenvalue weighted by Gasteiger charge is -2.25. The average Bonchev–Trinajstić information content (AvgIpc) is 2.59. The van der Waals surface area contributed by atoms with Gasteiger partial charge in [0, 0.05) is 6.42 Å². The number of hydrogen-bond acceptors (Lipinski definition) is 5. The fourth-order valence-corrected chi connectivity index (χ4v) is 2.71. The first-order valence-corrected chi connectivity index (χ1v) is 10.0. The van der Waals surface area contributed by atoms with E-state index in [1.54, 1.807) is 27.7 Å². The second-order valence-corrected chi connectivity index (χ2v) is 8.33. The van der Waals surface area contributed by atoms with E-state index in [2.05, 4.69) is 10.6 Å². The second kappa shape index (κ2) is 11.4. The van der Waals surface area contributed by atoms with Crippen LogP contribution in [0.2, 0.25) is 0 Å². The molecule has 0 radical (unpaired) electrons. The summed E-state index contributed by atoms with van der Waals surface area (Å²) in [6.07, 6.45) is 0.0169. The highest BCUT2D eigenvalue weighted by atomic mass is 16.6. The fourth-order valence-electron chi connectivity index (χ4n) is 2.71. The van der Waals surface area contributed by atoms with Crippen LogP contribution in [0.5, 0.6) is 0 Å². The van der Waals surface area contributed by atoms with Crippen molar-refractivity contribution in [3.63, 3.8) is 0 Å². The monoisotopic (exact) mass is 406 g/mol. The first kappa shape index (κ1) is 24.5. The number of amides is 2. The molecule has 0 spiro atoms. The molecule has 29 heavy (non-hydrogen) atoms. The Morgan fingerprint density at radius 3 is 2.14 bits per heavy atom. The Labute approximate surface area is 173 Å². The lowest BCUT2D eigenvalue weighted by Crippen LogP contribution is -2.53.